The van der Waals surface area contributed by atoms with Crippen molar-refractivity contribution >= 4 is 40.7 Å². The number of furan rings is 1. The van der Waals surface area contributed by atoms with Gasteiger partial charge in [-0.25, -0.2) is 9.79 Å². The lowest BCUT2D eigenvalue weighted by atomic mass is 9.95. The van der Waals surface area contributed by atoms with Gasteiger partial charge in [0.25, 0.3) is 11.2 Å². The zero-order valence-corrected chi connectivity index (χ0v) is 23.3. The molecule has 0 N–H and O–H groups in total. The summed E-state index contributed by atoms with van der Waals surface area (Å²) >= 11 is 7.44. The SMILES string of the molecule is COC(=O)C1=C(C)N=c2s/c(=C\c3ccc(-c4cccc([N+](=O)[O-])c4C)o3)c(=O)n2[C@@H]1c1cc(Cl)ccc1OC. The summed E-state index contributed by atoms with van der Waals surface area (Å²) in [5.41, 5.74) is 1.69. The molecule has 0 bridgehead atoms. The number of halogens is 1. The van der Waals surface area contributed by atoms with Crippen molar-refractivity contribution < 1.29 is 23.6 Å². The number of hydrogen-bond donors (Lipinski definition) is 0. The van der Waals surface area contributed by atoms with Gasteiger partial charge >= 0.3 is 5.97 Å². The van der Waals surface area contributed by atoms with Crippen LogP contribution in [0, 0.1) is 17.0 Å². The molecule has 2 aromatic heterocycles. The van der Waals surface area contributed by atoms with Crippen LogP contribution in [0.15, 0.2) is 74.0 Å². The van der Waals surface area contributed by atoms with Crippen LogP contribution in [0.4, 0.5) is 5.69 Å². The molecule has 204 valence electrons. The number of nitro benzene ring substituents is 1. The van der Waals surface area contributed by atoms with Crippen LogP contribution in [0.25, 0.3) is 17.4 Å². The summed E-state index contributed by atoms with van der Waals surface area (Å²) in [5, 5.41) is 11.8. The van der Waals surface area contributed by atoms with Crippen LogP contribution in [-0.2, 0) is 9.53 Å². The van der Waals surface area contributed by atoms with Crippen LogP contribution in [0.1, 0.15) is 29.9 Å². The third-order valence-corrected chi connectivity index (χ3v) is 7.80. The number of carbonyl (C=O) groups is 1. The predicted molar refractivity (Wildman–Crippen MR) is 149 cm³/mol. The number of fused-ring (bicyclic) bond motifs is 1. The van der Waals surface area contributed by atoms with E-state index < -0.39 is 22.5 Å². The molecule has 2 aromatic carbocycles. The second kappa shape index (κ2) is 10.6. The fourth-order valence-electron chi connectivity index (χ4n) is 4.70. The molecule has 0 unspecified atom stereocenters. The Labute approximate surface area is 236 Å². The highest BCUT2D eigenvalue weighted by atomic mass is 35.5. The van der Waals surface area contributed by atoms with Gasteiger partial charge in [0.05, 0.1) is 34.9 Å². The number of benzene rings is 2. The molecule has 0 radical (unpaired) electrons. The van der Waals surface area contributed by atoms with E-state index in [0.717, 1.165) is 11.3 Å². The zero-order chi connectivity index (χ0) is 28.7. The molecule has 1 aliphatic heterocycles. The first-order valence-corrected chi connectivity index (χ1v) is 13.1. The maximum atomic E-state index is 13.8. The van der Waals surface area contributed by atoms with Gasteiger partial charge in [-0.2, -0.15) is 0 Å². The van der Waals surface area contributed by atoms with Crippen molar-refractivity contribution in [2.75, 3.05) is 14.2 Å². The van der Waals surface area contributed by atoms with Gasteiger partial charge in [-0.1, -0.05) is 35.1 Å². The fourth-order valence-corrected chi connectivity index (χ4v) is 5.91. The summed E-state index contributed by atoms with van der Waals surface area (Å²) < 4.78 is 18.3. The first-order chi connectivity index (χ1) is 19.1. The second-order valence-corrected chi connectivity index (χ2v) is 10.3. The number of nitro groups is 1. The third kappa shape index (κ3) is 4.63. The standard InChI is InChI=1S/C28H22ClN3O7S/c1-14-18(6-5-7-20(14)32(35)36)22-11-9-17(39-22)13-23-26(33)31-25(19-12-16(29)8-10-21(19)37-3)24(27(34)38-4)15(2)30-28(31)40-23/h5-13,25H,1-4H3/b23-13-/t25-/m1/s1. The minimum absolute atomic E-state index is 0.0167. The van der Waals surface area contributed by atoms with Gasteiger partial charge in [0, 0.05) is 33.9 Å². The summed E-state index contributed by atoms with van der Waals surface area (Å²) in [7, 11) is 2.75. The molecule has 1 aliphatic rings. The molecule has 0 fully saturated rings. The Morgan fingerprint density at radius 2 is 1.98 bits per heavy atom. The van der Waals surface area contributed by atoms with Gasteiger partial charge in [-0.05, 0) is 44.2 Å². The van der Waals surface area contributed by atoms with Gasteiger partial charge in [-0.3, -0.25) is 19.5 Å². The normalized spacial score (nSPS) is 15.0. The highest BCUT2D eigenvalue weighted by Crippen LogP contribution is 2.37. The lowest BCUT2D eigenvalue weighted by molar-refractivity contribution is -0.385. The molecule has 0 aliphatic carbocycles. The highest BCUT2D eigenvalue weighted by Gasteiger charge is 2.35. The lowest BCUT2D eigenvalue weighted by Crippen LogP contribution is -2.40. The molecule has 1 atom stereocenters. The van der Waals surface area contributed by atoms with Crippen molar-refractivity contribution in [1.29, 1.82) is 0 Å². The number of esters is 1. The Morgan fingerprint density at radius 3 is 2.67 bits per heavy atom. The van der Waals surface area contributed by atoms with E-state index in [1.54, 1.807) is 62.4 Å². The molecule has 40 heavy (non-hydrogen) atoms. The van der Waals surface area contributed by atoms with E-state index in [9.17, 15) is 19.7 Å². The number of thiazole rings is 1. The van der Waals surface area contributed by atoms with E-state index in [0.29, 0.717) is 54.0 Å². The first kappa shape index (κ1) is 27.1. The Morgan fingerprint density at radius 1 is 1.20 bits per heavy atom. The number of hydrogen-bond acceptors (Lipinski definition) is 9. The highest BCUT2D eigenvalue weighted by molar-refractivity contribution is 7.07. The molecular weight excluding hydrogens is 558 g/mol. The average molecular weight is 580 g/mol. The Kier molecular flexibility index (Phi) is 7.17. The predicted octanol–water partition coefficient (Wildman–Crippen LogP) is 4.55. The van der Waals surface area contributed by atoms with E-state index in [1.807, 2.05) is 0 Å². The van der Waals surface area contributed by atoms with Gasteiger partial charge in [0.1, 0.15) is 23.3 Å². The number of methoxy groups -OCH3 is 2. The molecule has 0 saturated heterocycles. The van der Waals surface area contributed by atoms with Crippen LogP contribution >= 0.6 is 22.9 Å². The summed E-state index contributed by atoms with van der Waals surface area (Å²) in [6, 6.07) is 12.2. The number of aromatic nitrogens is 1. The number of ether oxygens (including phenoxy) is 2. The maximum Gasteiger partial charge on any atom is 0.338 e. The third-order valence-electron chi connectivity index (χ3n) is 6.58. The smallest absolute Gasteiger partial charge is 0.338 e. The van der Waals surface area contributed by atoms with Gasteiger partial charge < -0.3 is 13.9 Å². The number of carbonyl (C=O) groups excluding carboxylic acids is 1. The minimum atomic E-state index is -0.904. The largest absolute Gasteiger partial charge is 0.496 e. The second-order valence-electron chi connectivity index (χ2n) is 8.87. The molecule has 0 saturated carbocycles. The zero-order valence-electron chi connectivity index (χ0n) is 21.8. The van der Waals surface area contributed by atoms with Crippen LogP contribution in [-0.4, -0.2) is 29.7 Å². The molecular formula is C28H22ClN3O7S. The van der Waals surface area contributed by atoms with Gasteiger partial charge in [-0.15, -0.1) is 0 Å². The number of nitrogens with zero attached hydrogens (tertiary/aromatic N) is 3. The summed E-state index contributed by atoms with van der Waals surface area (Å²) in [5.74, 6) is 0.589. The lowest BCUT2D eigenvalue weighted by Gasteiger charge is -2.25. The van der Waals surface area contributed by atoms with Crippen molar-refractivity contribution in [3.63, 3.8) is 0 Å². The topological polar surface area (TPSA) is 126 Å². The first-order valence-electron chi connectivity index (χ1n) is 11.9. The van der Waals surface area contributed by atoms with E-state index in [4.69, 9.17) is 25.5 Å². The molecule has 5 rings (SSSR count). The average Bonchev–Trinajstić information content (AvgIpc) is 3.51. The van der Waals surface area contributed by atoms with Gasteiger partial charge in [0.15, 0.2) is 4.80 Å². The molecule has 0 spiro atoms. The van der Waals surface area contributed by atoms with Crippen molar-refractivity contribution in [2.24, 2.45) is 4.99 Å². The molecule has 3 heterocycles. The summed E-state index contributed by atoms with van der Waals surface area (Å²) in [6.45, 7) is 3.33. The Hall–Kier alpha value is -4.48. The van der Waals surface area contributed by atoms with E-state index in [2.05, 4.69) is 4.99 Å². The monoisotopic (exact) mass is 579 g/mol. The molecule has 10 nitrogen and oxygen atoms in total. The Bertz CT molecular complexity index is 1900. The van der Waals surface area contributed by atoms with Crippen LogP contribution in [0.3, 0.4) is 0 Å². The number of rotatable bonds is 6. The van der Waals surface area contributed by atoms with Gasteiger partial charge in [0.2, 0.25) is 0 Å². The van der Waals surface area contributed by atoms with Crippen molar-refractivity contribution in [2.45, 2.75) is 19.9 Å². The fraction of sp³-hybridized carbons (Fsp3) is 0.179. The Balaban J connectivity index is 1.67. The van der Waals surface area contributed by atoms with Crippen LogP contribution < -0.4 is 19.6 Å². The molecule has 4 aromatic rings. The van der Waals surface area contributed by atoms with Crippen molar-refractivity contribution in [3.8, 4) is 17.1 Å². The maximum absolute atomic E-state index is 13.8. The minimum Gasteiger partial charge on any atom is -0.496 e. The van der Waals surface area contributed by atoms with E-state index >= 15 is 0 Å². The van der Waals surface area contributed by atoms with Crippen molar-refractivity contribution in [1.82, 2.24) is 4.57 Å². The quantitative estimate of drug-likeness (QED) is 0.186. The molecule has 0 amide bonds. The molecule has 12 heteroatoms. The van der Waals surface area contributed by atoms with E-state index in [-0.39, 0.29) is 11.3 Å². The summed E-state index contributed by atoms with van der Waals surface area (Å²) in [4.78, 5) is 42.5. The van der Waals surface area contributed by atoms with Crippen molar-refractivity contribution in [3.05, 3.63) is 112 Å². The van der Waals surface area contributed by atoms with E-state index in [1.165, 1.54) is 24.9 Å². The van der Waals surface area contributed by atoms with Crippen LogP contribution in [0.5, 0.6) is 5.75 Å². The summed E-state index contributed by atoms with van der Waals surface area (Å²) in [6.07, 6.45) is 1.57. The van der Waals surface area contributed by atoms with Crippen LogP contribution in [0.2, 0.25) is 5.02 Å². The number of allylic oxidation sites excluding steroid dienone is 1.